The summed E-state index contributed by atoms with van der Waals surface area (Å²) < 4.78 is 0. The van der Waals surface area contributed by atoms with Crippen LogP contribution in [0.25, 0.3) is 0 Å². The minimum absolute atomic E-state index is 0.382. The van der Waals surface area contributed by atoms with Crippen LogP contribution in [0.2, 0.25) is 0 Å². The molecule has 0 aliphatic rings. The van der Waals surface area contributed by atoms with E-state index in [0.717, 1.165) is 44.9 Å². The lowest BCUT2D eigenvalue weighted by Crippen LogP contribution is -2.48. The third-order valence-electron chi connectivity index (χ3n) is 11.4. The maximum Gasteiger partial charge on any atom is 0.249 e. The molecule has 0 aliphatic heterocycles. The topological polar surface area (TPSA) is 89.8 Å². The number of aliphatic hydroxyl groups is 3. The van der Waals surface area contributed by atoms with Gasteiger partial charge in [0.15, 0.2) is 0 Å². The molecule has 4 N–H and O–H groups in total. The summed E-state index contributed by atoms with van der Waals surface area (Å²) in [6.07, 6.45) is 61.6. The predicted molar refractivity (Wildman–Crippen MR) is 250 cm³/mol. The molecule has 0 fully saturated rings. The van der Waals surface area contributed by atoms with E-state index in [1.54, 1.807) is 6.08 Å². The molecule has 3 atom stereocenters. The van der Waals surface area contributed by atoms with Gasteiger partial charge in [-0.2, -0.15) is 0 Å². The van der Waals surface area contributed by atoms with Gasteiger partial charge in [-0.25, -0.2) is 0 Å². The van der Waals surface area contributed by atoms with E-state index < -0.39 is 24.2 Å². The molecular weight excluding hydrogens is 703 g/mol. The molecule has 5 heteroatoms. The average molecular weight is 800 g/mol. The van der Waals surface area contributed by atoms with Crippen LogP contribution < -0.4 is 5.32 Å². The van der Waals surface area contributed by atoms with E-state index >= 15 is 0 Å². The Kier molecular flexibility index (Phi) is 45.6. The highest BCUT2D eigenvalue weighted by atomic mass is 16.3. The number of aliphatic hydroxyl groups excluding tert-OH is 3. The van der Waals surface area contributed by atoms with Crippen molar-refractivity contribution in [2.45, 2.75) is 270 Å². The Balaban J connectivity index is 3.67. The van der Waals surface area contributed by atoms with Gasteiger partial charge in [-0.15, -0.1) is 0 Å². The smallest absolute Gasteiger partial charge is 0.249 e. The Morgan fingerprint density at radius 3 is 1.07 bits per heavy atom. The van der Waals surface area contributed by atoms with Gasteiger partial charge in [0.2, 0.25) is 5.91 Å². The molecule has 0 saturated carbocycles. The molecule has 0 aromatic heterocycles. The van der Waals surface area contributed by atoms with E-state index in [1.807, 2.05) is 6.08 Å². The molecular formula is C52H97NO4. The number of carbonyl (C=O) groups excluding carboxylic acids is 1. The van der Waals surface area contributed by atoms with Gasteiger partial charge in [0, 0.05) is 0 Å². The zero-order valence-corrected chi connectivity index (χ0v) is 38.0. The van der Waals surface area contributed by atoms with Crippen LogP contribution in [0.15, 0.2) is 48.6 Å². The van der Waals surface area contributed by atoms with Crippen molar-refractivity contribution in [3.8, 4) is 0 Å². The second-order valence-electron chi connectivity index (χ2n) is 17.0. The van der Waals surface area contributed by atoms with E-state index in [1.165, 1.54) is 186 Å². The van der Waals surface area contributed by atoms with Gasteiger partial charge in [0.25, 0.3) is 0 Å². The lowest BCUT2D eigenvalue weighted by Gasteiger charge is -2.21. The zero-order chi connectivity index (χ0) is 41.5. The monoisotopic (exact) mass is 800 g/mol. The number of hydrogen-bond donors (Lipinski definition) is 4. The Hall–Kier alpha value is -1.69. The Morgan fingerprint density at radius 1 is 0.421 bits per heavy atom. The van der Waals surface area contributed by atoms with Gasteiger partial charge in [-0.05, 0) is 70.6 Å². The second kappa shape index (κ2) is 47.0. The highest BCUT2D eigenvalue weighted by Gasteiger charge is 2.22. The first kappa shape index (κ1) is 55.3. The Morgan fingerprint density at radius 2 is 0.719 bits per heavy atom. The normalized spacial score (nSPS) is 13.8. The van der Waals surface area contributed by atoms with E-state index in [0.29, 0.717) is 6.42 Å². The summed E-state index contributed by atoms with van der Waals surface area (Å²) in [5, 5.41) is 33.2. The third-order valence-corrected chi connectivity index (χ3v) is 11.4. The van der Waals surface area contributed by atoms with Crippen LogP contribution in [0.1, 0.15) is 251 Å². The summed E-state index contributed by atoms with van der Waals surface area (Å²) in [5.41, 5.74) is 0. The molecule has 1 amide bonds. The van der Waals surface area contributed by atoms with Gasteiger partial charge >= 0.3 is 0 Å². The lowest BCUT2D eigenvalue weighted by molar-refractivity contribution is -0.131. The van der Waals surface area contributed by atoms with Crippen molar-refractivity contribution in [1.29, 1.82) is 0 Å². The van der Waals surface area contributed by atoms with Crippen molar-refractivity contribution >= 4 is 5.91 Å². The molecule has 0 aliphatic carbocycles. The molecule has 3 unspecified atom stereocenters. The van der Waals surface area contributed by atoms with Crippen LogP contribution in [0.4, 0.5) is 0 Å². The summed E-state index contributed by atoms with van der Waals surface area (Å²) in [6, 6.07) is -0.823. The number of unbranched alkanes of at least 4 members (excludes halogenated alkanes) is 31. The molecule has 0 bridgehead atoms. The number of allylic oxidation sites excluding steroid dienone is 7. The number of nitrogens with one attached hydrogen (secondary N) is 1. The number of amides is 1. The molecule has 0 rings (SSSR count). The summed E-state index contributed by atoms with van der Waals surface area (Å²) in [4.78, 5) is 12.5. The van der Waals surface area contributed by atoms with Crippen molar-refractivity contribution in [1.82, 2.24) is 5.32 Å². The van der Waals surface area contributed by atoms with Crippen LogP contribution in [0.3, 0.4) is 0 Å². The number of carbonyl (C=O) groups is 1. The lowest BCUT2D eigenvalue weighted by atomic mass is 10.0. The second-order valence-corrected chi connectivity index (χ2v) is 17.0. The highest BCUT2D eigenvalue weighted by molar-refractivity contribution is 5.80. The molecule has 0 heterocycles. The highest BCUT2D eigenvalue weighted by Crippen LogP contribution is 2.15. The van der Waals surface area contributed by atoms with E-state index in [-0.39, 0.29) is 6.61 Å². The molecule has 0 saturated heterocycles. The molecule has 5 nitrogen and oxygen atoms in total. The minimum atomic E-state index is -1.11. The van der Waals surface area contributed by atoms with E-state index in [4.69, 9.17) is 0 Å². The van der Waals surface area contributed by atoms with Gasteiger partial charge in [-0.3, -0.25) is 4.79 Å². The first-order chi connectivity index (χ1) is 28.1. The van der Waals surface area contributed by atoms with Gasteiger partial charge in [0.05, 0.1) is 18.8 Å². The standard InChI is InChI=1S/C52H97NO4/c1-3-5-7-9-11-13-15-17-19-21-23-24-25-26-27-28-29-31-33-35-37-39-41-43-45-47-51(56)52(57)53-49(48-54)50(55)46-44-42-40-38-36-34-32-30-22-20-18-16-14-12-10-8-6-4-2/h22,26-27,30,36,38,44,46,49-51,54-56H,3-21,23-25,28-29,31-35,37,39-43,45,47-48H2,1-2H3,(H,53,57)/b27-26-,30-22+,38-36+,46-44+. The first-order valence-corrected chi connectivity index (χ1v) is 25.0. The maximum absolute atomic E-state index is 12.5. The quantitative estimate of drug-likeness (QED) is 0.0365. The third kappa shape index (κ3) is 42.2. The van der Waals surface area contributed by atoms with Crippen molar-refractivity contribution in [3.63, 3.8) is 0 Å². The Bertz CT molecular complexity index is 927. The number of hydrogen-bond acceptors (Lipinski definition) is 4. The SMILES string of the molecule is CCCCCCCCCC/C=C/CC/C=C/CC/C=C/C(O)C(CO)NC(=O)C(O)CCCCCCCCCCC/C=C\CCCCCCCCCCCCCC. The van der Waals surface area contributed by atoms with Gasteiger partial charge in [0.1, 0.15) is 6.10 Å². The summed E-state index contributed by atoms with van der Waals surface area (Å²) in [6.45, 7) is 4.17. The van der Waals surface area contributed by atoms with E-state index in [9.17, 15) is 20.1 Å². The van der Waals surface area contributed by atoms with Crippen LogP contribution in [-0.2, 0) is 4.79 Å². The predicted octanol–water partition coefficient (Wildman–Crippen LogP) is 14.9. The van der Waals surface area contributed by atoms with Gasteiger partial charge in [-0.1, -0.05) is 229 Å². The first-order valence-electron chi connectivity index (χ1n) is 25.0. The van der Waals surface area contributed by atoms with Crippen LogP contribution in [0.5, 0.6) is 0 Å². The Labute approximate surface area is 355 Å². The fraction of sp³-hybridized carbons (Fsp3) is 0.827. The summed E-state index contributed by atoms with van der Waals surface area (Å²) in [7, 11) is 0. The van der Waals surface area contributed by atoms with Gasteiger partial charge < -0.3 is 20.6 Å². The van der Waals surface area contributed by atoms with Crippen molar-refractivity contribution in [3.05, 3.63) is 48.6 Å². The van der Waals surface area contributed by atoms with Crippen molar-refractivity contribution in [2.24, 2.45) is 0 Å². The fourth-order valence-corrected chi connectivity index (χ4v) is 7.45. The summed E-state index contributed by atoms with van der Waals surface area (Å²) in [5.74, 6) is -0.518. The van der Waals surface area contributed by atoms with Crippen molar-refractivity contribution in [2.75, 3.05) is 6.61 Å². The van der Waals surface area contributed by atoms with Crippen molar-refractivity contribution < 1.29 is 20.1 Å². The minimum Gasteiger partial charge on any atom is -0.394 e. The fourth-order valence-electron chi connectivity index (χ4n) is 7.45. The zero-order valence-electron chi connectivity index (χ0n) is 38.0. The number of rotatable bonds is 45. The van der Waals surface area contributed by atoms with Crippen LogP contribution >= 0.6 is 0 Å². The largest absolute Gasteiger partial charge is 0.394 e. The maximum atomic E-state index is 12.5. The average Bonchev–Trinajstić information content (AvgIpc) is 3.22. The molecule has 0 aromatic rings. The molecule has 334 valence electrons. The molecule has 0 aromatic carbocycles. The van der Waals surface area contributed by atoms with Crippen LogP contribution in [-0.4, -0.2) is 46.1 Å². The molecule has 0 spiro atoms. The summed E-state index contributed by atoms with van der Waals surface area (Å²) >= 11 is 0. The van der Waals surface area contributed by atoms with Crippen LogP contribution in [0, 0.1) is 0 Å². The molecule has 57 heavy (non-hydrogen) atoms. The van der Waals surface area contributed by atoms with E-state index in [2.05, 4.69) is 55.6 Å². The molecule has 0 radical (unpaired) electrons.